The van der Waals surface area contributed by atoms with Crippen LogP contribution in [0.2, 0.25) is 0 Å². The van der Waals surface area contributed by atoms with Crippen molar-refractivity contribution < 1.29 is 14.3 Å². The SMILES string of the molecule is O=C(Nc1ccc2c(c1)OCO2)c1ccc2c(c1)CNC2. The van der Waals surface area contributed by atoms with Gasteiger partial charge in [-0.25, -0.2) is 0 Å². The fraction of sp³-hybridized carbons (Fsp3) is 0.188. The Kier molecular flexibility index (Phi) is 2.79. The van der Waals surface area contributed by atoms with E-state index in [1.165, 1.54) is 11.1 Å². The van der Waals surface area contributed by atoms with Crippen LogP contribution in [0.15, 0.2) is 36.4 Å². The summed E-state index contributed by atoms with van der Waals surface area (Å²) in [7, 11) is 0. The Balaban J connectivity index is 1.55. The summed E-state index contributed by atoms with van der Waals surface area (Å²) >= 11 is 0. The Hall–Kier alpha value is -2.53. The number of hydrogen-bond acceptors (Lipinski definition) is 4. The first kappa shape index (κ1) is 12.2. The molecule has 0 saturated heterocycles. The van der Waals surface area contributed by atoms with Crippen LogP contribution in [0.5, 0.6) is 11.5 Å². The molecule has 0 aliphatic carbocycles. The lowest BCUT2D eigenvalue weighted by atomic mass is 10.1. The summed E-state index contributed by atoms with van der Waals surface area (Å²) in [6.45, 7) is 1.92. The average Bonchev–Trinajstić information content (AvgIpc) is 3.14. The Morgan fingerprint density at radius 1 is 1.00 bits per heavy atom. The molecular formula is C16H14N2O3. The van der Waals surface area contributed by atoms with Gasteiger partial charge in [-0.05, 0) is 35.4 Å². The van der Waals surface area contributed by atoms with Gasteiger partial charge in [0.2, 0.25) is 6.79 Å². The largest absolute Gasteiger partial charge is 0.454 e. The van der Waals surface area contributed by atoms with Crippen molar-refractivity contribution in [2.24, 2.45) is 0 Å². The first-order valence-corrected chi connectivity index (χ1v) is 6.83. The van der Waals surface area contributed by atoms with Gasteiger partial charge < -0.3 is 20.1 Å². The van der Waals surface area contributed by atoms with Crippen LogP contribution >= 0.6 is 0 Å². The van der Waals surface area contributed by atoms with E-state index < -0.39 is 0 Å². The third kappa shape index (κ3) is 2.21. The molecule has 0 radical (unpaired) electrons. The highest BCUT2D eigenvalue weighted by atomic mass is 16.7. The topological polar surface area (TPSA) is 59.6 Å². The van der Waals surface area contributed by atoms with Crippen molar-refractivity contribution >= 4 is 11.6 Å². The lowest BCUT2D eigenvalue weighted by Gasteiger charge is -2.07. The maximum atomic E-state index is 12.3. The van der Waals surface area contributed by atoms with Crippen molar-refractivity contribution in [3.05, 3.63) is 53.1 Å². The van der Waals surface area contributed by atoms with Crippen LogP contribution in [0, 0.1) is 0 Å². The molecule has 0 unspecified atom stereocenters. The Morgan fingerprint density at radius 3 is 2.81 bits per heavy atom. The molecule has 5 heteroatoms. The molecule has 5 nitrogen and oxygen atoms in total. The molecule has 0 atom stereocenters. The van der Waals surface area contributed by atoms with Crippen LogP contribution in [-0.2, 0) is 13.1 Å². The van der Waals surface area contributed by atoms with Gasteiger partial charge in [-0.1, -0.05) is 6.07 Å². The van der Waals surface area contributed by atoms with E-state index >= 15 is 0 Å². The van der Waals surface area contributed by atoms with Gasteiger partial charge >= 0.3 is 0 Å². The van der Waals surface area contributed by atoms with E-state index in [0.717, 1.165) is 13.1 Å². The minimum atomic E-state index is -0.122. The first-order valence-electron chi connectivity index (χ1n) is 6.83. The van der Waals surface area contributed by atoms with E-state index in [0.29, 0.717) is 22.7 Å². The van der Waals surface area contributed by atoms with Crippen LogP contribution in [-0.4, -0.2) is 12.7 Å². The summed E-state index contributed by atoms with van der Waals surface area (Å²) in [4.78, 5) is 12.3. The molecular weight excluding hydrogens is 268 g/mol. The summed E-state index contributed by atoms with van der Waals surface area (Å²) in [6, 6.07) is 11.2. The highest BCUT2D eigenvalue weighted by Gasteiger charge is 2.16. The van der Waals surface area contributed by atoms with E-state index in [9.17, 15) is 4.79 Å². The van der Waals surface area contributed by atoms with Crippen LogP contribution in [0.3, 0.4) is 0 Å². The molecule has 2 aromatic carbocycles. The molecule has 2 heterocycles. The molecule has 2 aliphatic heterocycles. The number of ether oxygens (including phenoxy) is 2. The van der Waals surface area contributed by atoms with Crippen molar-refractivity contribution in [2.75, 3.05) is 12.1 Å². The number of rotatable bonds is 2. The monoisotopic (exact) mass is 282 g/mol. The first-order chi connectivity index (χ1) is 10.3. The zero-order valence-electron chi connectivity index (χ0n) is 11.3. The second-order valence-electron chi connectivity index (χ2n) is 5.11. The van der Waals surface area contributed by atoms with Crippen molar-refractivity contribution in [3.8, 4) is 11.5 Å². The number of nitrogens with one attached hydrogen (secondary N) is 2. The van der Waals surface area contributed by atoms with Gasteiger partial charge in [-0.3, -0.25) is 4.79 Å². The Labute approximate surface area is 121 Å². The quantitative estimate of drug-likeness (QED) is 0.887. The number of hydrogen-bond donors (Lipinski definition) is 2. The second kappa shape index (κ2) is 4.79. The summed E-state index contributed by atoms with van der Waals surface area (Å²) in [5.74, 6) is 1.24. The van der Waals surface area contributed by atoms with E-state index in [1.54, 1.807) is 18.2 Å². The summed E-state index contributed by atoms with van der Waals surface area (Å²) in [6.07, 6.45) is 0. The van der Waals surface area contributed by atoms with Crippen LogP contribution < -0.4 is 20.1 Å². The summed E-state index contributed by atoms with van der Waals surface area (Å²) in [5, 5.41) is 6.15. The average molecular weight is 282 g/mol. The minimum absolute atomic E-state index is 0.122. The Morgan fingerprint density at radius 2 is 1.86 bits per heavy atom. The van der Waals surface area contributed by atoms with Crippen molar-refractivity contribution in [3.63, 3.8) is 0 Å². The number of carbonyl (C=O) groups excluding carboxylic acids is 1. The molecule has 2 aliphatic rings. The van der Waals surface area contributed by atoms with Crippen LogP contribution in [0.25, 0.3) is 0 Å². The van der Waals surface area contributed by atoms with Gasteiger partial charge in [0.15, 0.2) is 11.5 Å². The predicted molar refractivity (Wildman–Crippen MR) is 77.5 cm³/mol. The molecule has 106 valence electrons. The minimum Gasteiger partial charge on any atom is -0.454 e. The van der Waals surface area contributed by atoms with Gasteiger partial charge in [-0.15, -0.1) is 0 Å². The van der Waals surface area contributed by atoms with Crippen molar-refractivity contribution in [1.29, 1.82) is 0 Å². The van der Waals surface area contributed by atoms with E-state index in [2.05, 4.69) is 10.6 Å². The van der Waals surface area contributed by atoms with E-state index in [4.69, 9.17) is 9.47 Å². The molecule has 4 rings (SSSR count). The highest BCUT2D eigenvalue weighted by Crippen LogP contribution is 2.34. The Bertz CT molecular complexity index is 727. The van der Waals surface area contributed by atoms with Crippen molar-refractivity contribution in [2.45, 2.75) is 13.1 Å². The van der Waals surface area contributed by atoms with Gasteiger partial charge in [0.25, 0.3) is 5.91 Å². The molecule has 1 amide bonds. The number of fused-ring (bicyclic) bond motifs is 2. The molecule has 0 aromatic heterocycles. The zero-order chi connectivity index (χ0) is 14.2. The lowest BCUT2D eigenvalue weighted by Crippen LogP contribution is -2.12. The van der Waals surface area contributed by atoms with Crippen LogP contribution in [0.4, 0.5) is 5.69 Å². The van der Waals surface area contributed by atoms with Crippen molar-refractivity contribution in [1.82, 2.24) is 5.32 Å². The molecule has 0 spiro atoms. The normalized spacial score (nSPS) is 14.9. The smallest absolute Gasteiger partial charge is 0.255 e. The lowest BCUT2D eigenvalue weighted by molar-refractivity contribution is 0.102. The number of carbonyl (C=O) groups is 1. The standard InChI is InChI=1S/C16H14N2O3/c19-16(10-1-2-11-7-17-8-12(11)5-10)18-13-3-4-14-15(6-13)21-9-20-14/h1-6,17H,7-9H2,(H,18,19). The van der Waals surface area contributed by atoms with Crippen LogP contribution in [0.1, 0.15) is 21.5 Å². The fourth-order valence-electron chi connectivity index (χ4n) is 2.61. The molecule has 21 heavy (non-hydrogen) atoms. The van der Waals surface area contributed by atoms with Gasteiger partial charge in [0.05, 0.1) is 0 Å². The molecule has 0 bridgehead atoms. The predicted octanol–water partition coefficient (Wildman–Crippen LogP) is 2.27. The highest BCUT2D eigenvalue weighted by molar-refractivity contribution is 6.04. The zero-order valence-corrected chi connectivity index (χ0v) is 11.3. The van der Waals surface area contributed by atoms with Gasteiger partial charge in [-0.2, -0.15) is 0 Å². The molecule has 2 N–H and O–H groups in total. The molecule has 2 aromatic rings. The number of amides is 1. The molecule has 0 fully saturated rings. The third-order valence-corrected chi connectivity index (χ3v) is 3.73. The fourth-order valence-corrected chi connectivity index (χ4v) is 2.61. The van der Waals surface area contributed by atoms with Gasteiger partial charge in [0, 0.05) is 30.4 Å². The summed E-state index contributed by atoms with van der Waals surface area (Å²) in [5.41, 5.74) is 3.81. The molecule has 0 saturated carbocycles. The maximum Gasteiger partial charge on any atom is 0.255 e. The van der Waals surface area contributed by atoms with E-state index in [-0.39, 0.29) is 12.7 Å². The third-order valence-electron chi connectivity index (χ3n) is 3.73. The van der Waals surface area contributed by atoms with Gasteiger partial charge in [0.1, 0.15) is 0 Å². The number of anilines is 1. The maximum absolute atomic E-state index is 12.3. The summed E-state index contributed by atoms with van der Waals surface area (Å²) < 4.78 is 10.6. The number of benzene rings is 2. The second-order valence-corrected chi connectivity index (χ2v) is 5.11. The van der Waals surface area contributed by atoms with E-state index in [1.807, 2.05) is 18.2 Å².